The molecule has 2 rings (SSSR count). The van der Waals surface area contributed by atoms with Crippen molar-refractivity contribution in [3.05, 3.63) is 29.3 Å². The minimum atomic E-state index is -4.42. The lowest BCUT2D eigenvalue weighted by Crippen LogP contribution is -2.11. The maximum atomic E-state index is 13.0. The van der Waals surface area contributed by atoms with Gasteiger partial charge >= 0.3 is 6.18 Å². The Balaban J connectivity index is 2.41. The van der Waals surface area contributed by atoms with Gasteiger partial charge in [0.15, 0.2) is 0 Å². The number of carbonyl (C=O) groups is 1. The Morgan fingerprint density at radius 3 is 2.44 bits per heavy atom. The Morgan fingerprint density at radius 2 is 1.89 bits per heavy atom. The second-order valence-corrected chi connectivity index (χ2v) is 4.44. The van der Waals surface area contributed by atoms with Crippen LogP contribution in [0.3, 0.4) is 0 Å². The van der Waals surface area contributed by atoms with Crippen molar-refractivity contribution in [2.75, 3.05) is 0 Å². The lowest BCUT2D eigenvalue weighted by atomic mass is 9.92. The molecular weight excluding hydrogens is 245 g/mol. The molecule has 1 aliphatic carbocycles. The van der Waals surface area contributed by atoms with Crippen LogP contribution in [0.4, 0.5) is 13.2 Å². The third kappa shape index (κ3) is 2.66. The maximum absolute atomic E-state index is 13.0. The first kappa shape index (κ1) is 12.9. The molecule has 0 spiro atoms. The van der Waals surface area contributed by atoms with Gasteiger partial charge in [0.05, 0.1) is 5.56 Å². The third-order valence-corrected chi connectivity index (χ3v) is 3.31. The summed E-state index contributed by atoms with van der Waals surface area (Å²) in [4.78, 5) is 10.2. The summed E-state index contributed by atoms with van der Waals surface area (Å²) < 4.78 is 43.4. The van der Waals surface area contributed by atoms with Gasteiger partial charge in [-0.25, -0.2) is 0 Å². The number of hydrogen-bond donors (Lipinski definition) is 0. The molecule has 1 aliphatic rings. The van der Waals surface area contributed by atoms with E-state index in [4.69, 9.17) is 0 Å². The van der Waals surface area contributed by atoms with Crippen LogP contribution in [0.2, 0.25) is 0 Å². The van der Waals surface area contributed by atoms with E-state index in [1.54, 1.807) is 0 Å². The molecule has 1 fully saturated rings. The molecule has 1 saturated carbocycles. The fraction of sp³-hybridized carbons (Fsp3) is 0.462. The van der Waals surface area contributed by atoms with E-state index in [1.165, 1.54) is 12.1 Å². The largest absolute Gasteiger partial charge is 0.429 e. The molecule has 0 amide bonds. The maximum Gasteiger partial charge on any atom is 0.416 e. The van der Waals surface area contributed by atoms with Gasteiger partial charge in [0.25, 0.3) is 6.47 Å². The Kier molecular flexibility index (Phi) is 3.59. The Morgan fingerprint density at radius 1 is 1.22 bits per heavy atom. The SMILES string of the molecule is O=COc1ccc(C2CCCC2)c(C(F)(F)F)c1. The van der Waals surface area contributed by atoms with Crippen molar-refractivity contribution < 1.29 is 22.7 Å². The van der Waals surface area contributed by atoms with Crippen LogP contribution in [-0.4, -0.2) is 6.47 Å². The fourth-order valence-corrected chi connectivity index (χ4v) is 2.50. The van der Waals surface area contributed by atoms with Gasteiger partial charge < -0.3 is 4.74 Å². The highest BCUT2D eigenvalue weighted by Crippen LogP contribution is 2.42. The van der Waals surface area contributed by atoms with Gasteiger partial charge in [-0.2, -0.15) is 13.2 Å². The van der Waals surface area contributed by atoms with E-state index < -0.39 is 11.7 Å². The molecule has 0 heterocycles. The predicted molar refractivity (Wildman–Crippen MR) is 59.3 cm³/mol. The first-order chi connectivity index (χ1) is 8.52. The molecule has 2 nitrogen and oxygen atoms in total. The summed E-state index contributed by atoms with van der Waals surface area (Å²) in [6, 6.07) is 3.75. The summed E-state index contributed by atoms with van der Waals surface area (Å²) in [7, 11) is 0. The van der Waals surface area contributed by atoms with Crippen molar-refractivity contribution in [3.8, 4) is 5.75 Å². The quantitative estimate of drug-likeness (QED) is 0.768. The predicted octanol–water partition coefficient (Wildman–Crippen LogP) is 3.90. The van der Waals surface area contributed by atoms with Crippen LogP contribution in [0.1, 0.15) is 42.7 Å². The second kappa shape index (κ2) is 5.00. The number of rotatable bonds is 3. The molecule has 0 saturated heterocycles. The Labute approximate surface area is 103 Å². The van der Waals surface area contributed by atoms with Gasteiger partial charge in [0, 0.05) is 0 Å². The zero-order valence-electron chi connectivity index (χ0n) is 9.67. The lowest BCUT2D eigenvalue weighted by Gasteiger charge is -2.18. The average Bonchev–Trinajstić information content (AvgIpc) is 2.81. The van der Waals surface area contributed by atoms with Crippen LogP contribution in [0.15, 0.2) is 18.2 Å². The van der Waals surface area contributed by atoms with E-state index in [2.05, 4.69) is 4.74 Å². The van der Waals surface area contributed by atoms with E-state index in [0.717, 1.165) is 31.7 Å². The van der Waals surface area contributed by atoms with Crippen molar-refractivity contribution in [2.24, 2.45) is 0 Å². The van der Waals surface area contributed by atoms with Crippen molar-refractivity contribution >= 4 is 6.47 Å². The Bertz CT molecular complexity index is 434. The molecule has 98 valence electrons. The molecule has 0 unspecified atom stereocenters. The summed E-state index contributed by atoms with van der Waals surface area (Å²) in [5, 5.41) is 0. The molecule has 1 aromatic carbocycles. The van der Waals surface area contributed by atoms with E-state index >= 15 is 0 Å². The summed E-state index contributed by atoms with van der Waals surface area (Å²) >= 11 is 0. The fourth-order valence-electron chi connectivity index (χ4n) is 2.50. The second-order valence-electron chi connectivity index (χ2n) is 4.44. The number of halogens is 3. The van der Waals surface area contributed by atoms with E-state index in [0.29, 0.717) is 5.56 Å². The van der Waals surface area contributed by atoms with Gasteiger partial charge in [0.2, 0.25) is 0 Å². The van der Waals surface area contributed by atoms with Crippen LogP contribution in [0, 0.1) is 0 Å². The zero-order valence-corrected chi connectivity index (χ0v) is 9.67. The topological polar surface area (TPSA) is 26.3 Å². The van der Waals surface area contributed by atoms with Gasteiger partial charge in [-0.05, 0) is 36.5 Å². The number of alkyl halides is 3. The third-order valence-electron chi connectivity index (χ3n) is 3.31. The molecule has 0 atom stereocenters. The average molecular weight is 258 g/mol. The zero-order chi connectivity index (χ0) is 13.2. The van der Waals surface area contributed by atoms with Crippen molar-refractivity contribution in [1.29, 1.82) is 0 Å². The van der Waals surface area contributed by atoms with Gasteiger partial charge in [-0.1, -0.05) is 18.9 Å². The Hall–Kier alpha value is -1.52. The van der Waals surface area contributed by atoms with Crippen LogP contribution in [0.25, 0.3) is 0 Å². The lowest BCUT2D eigenvalue weighted by molar-refractivity contribution is -0.138. The normalized spacial score (nSPS) is 16.8. The summed E-state index contributed by atoms with van der Waals surface area (Å²) in [5.74, 6) is -0.106. The molecule has 18 heavy (non-hydrogen) atoms. The highest BCUT2D eigenvalue weighted by atomic mass is 19.4. The molecule has 5 heteroatoms. The number of hydrogen-bond acceptors (Lipinski definition) is 2. The van der Waals surface area contributed by atoms with E-state index in [9.17, 15) is 18.0 Å². The summed E-state index contributed by atoms with van der Waals surface area (Å²) in [5.41, 5.74) is -0.369. The molecular formula is C13H13F3O2. The minimum absolute atomic E-state index is 0.0353. The molecule has 0 aromatic heterocycles. The van der Waals surface area contributed by atoms with Crippen molar-refractivity contribution in [3.63, 3.8) is 0 Å². The van der Waals surface area contributed by atoms with Crippen molar-refractivity contribution in [1.82, 2.24) is 0 Å². The first-order valence-electron chi connectivity index (χ1n) is 5.84. The molecule has 0 bridgehead atoms. The number of carbonyl (C=O) groups excluding carboxylic acids is 1. The van der Waals surface area contributed by atoms with E-state index in [-0.39, 0.29) is 18.1 Å². The standard InChI is InChI=1S/C13H13F3O2/c14-13(15,16)12-7-10(18-8-17)5-6-11(12)9-3-1-2-4-9/h5-9H,1-4H2. The molecule has 0 radical (unpaired) electrons. The highest BCUT2D eigenvalue weighted by molar-refractivity contribution is 5.48. The highest BCUT2D eigenvalue weighted by Gasteiger charge is 2.36. The van der Waals surface area contributed by atoms with E-state index in [1.807, 2.05) is 0 Å². The smallest absolute Gasteiger partial charge is 0.416 e. The molecule has 1 aromatic rings. The monoisotopic (exact) mass is 258 g/mol. The number of benzene rings is 1. The van der Waals surface area contributed by atoms with Crippen LogP contribution in [0.5, 0.6) is 5.75 Å². The molecule has 0 N–H and O–H groups in total. The van der Waals surface area contributed by atoms with Crippen LogP contribution < -0.4 is 4.74 Å². The van der Waals surface area contributed by atoms with Gasteiger partial charge in [0.1, 0.15) is 5.75 Å². The molecule has 0 aliphatic heterocycles. The minimum Gasteiger partial charge on any atom is -0.429 e. The van der Waals surface area contributed by atoms with Crippen LogP contribution in [-0.2, 0) is 11.0 Å². The summed E-state index contributed by atoms with van der Waals surface area (Å²) in [6.45, 7) is 0.130. The van der Waals surface area contributed by atoms with Gasteiger partial charge in [-0.3, -0.25) is 4.79 Å². The van der Waals surface area contributed by atoms with Gasteiger partial charge in [-0.15, -0.1) is 0 Å². The van der Waals surface area contributed by atoms with Crippen LogP contribution >= 0.6 is 0 Å². The number of ether oxygens (including phenoxy) is 1. The first-order valence-corrected chi connectivity index (χ1v) is 5.84. The summed E-state index contributed by atoms with van der Waals surface area (Å²) in [6.07, 6.45) is -0.906. The van der Waals surface area contributed by atoms with Crippen molar-refractivity contribution in [2.45, 2.75) is 37.8 Å².